The molecule has 3 rings (SSSR count). The van der Waals surface area contributed by atoms with Crippen molar-refractivity contribution in [1.82, 2.24) is 0 Å². The zero-order valence-electron chi connectivity index (χ0n) is 13.0. The number of nitro groups is 1. The first kappa shape index (κ1) is 16.7. The van der Waals surface area contributed by atoms with E-state index in [4.69, 9.17) is 11.6 Å². The van der Waals surface area contributed by atoms with Crippen molar-refractivity contribution in [3.8, 4) is 0 Å². The number of nitrogens with zero attached hydrogens (tertiary/aromatic N) is 2. The Morgan fingerprint density at radius 2 is 1.80 bits per heavy atom. The summed E-state index contributed by atoms with van der Waals surface area (Å²) >= 11 is 6.03. The lowest BCUT2D eigenvalue weighted by atomic mass is 10.2. The second-order valence-electron chi connectivity index (χ2n) is 5.41. The maximum absolute atomic E-state index is 12.6. The normalized spacial score (nSPS) is 14.2. The van der Waals surface area contributed by atoms with Gasteiger partial charge in [-0.05, 0) is 30.7 Å². The van der Waals surface area contributed by atoms with Crippen LogP contribution in [-0.2, 0) is 9.59 Å². The number of halogens is 1. The van der Waals surface area contributed by atoms with Gasteiger partial charge < -0.3 is 5.32 Å². The van der Waals surface area contributed by atoms with Crippen LogP contribution in [0.2, 0.25) is 0 Å². The summed E-state index contributed by atoms with van der Waals surface area (Å²) in [7, 11) is 0. The average Bonchev–Trinajstić information content (AvgIpc) is 2.79. The summed E-state index contributed by atoms with van der Waals surface area (Å²) in [5.41, 5.74) is 1.37. The minimum atomic E-state index is -0.734. The van der Waals surface area contributed by atoms with Crippen LogP contribution in [-0.4, -0.2) is 16.7 Å². The molecule has 0 saturated carbocycles. The van der Waals surface area contributed by atoms with Gasteiger partial charge in [-0.15, -0.1) is 0 Å². The number of rotatable bonds is 4. The Bertz CT molecular complexity index is 939. The fourth-order valence-electron chi connectivity index (χ4n) is 2.46. The number of nitrogens with one attached hydrogen (secondary N) is 1. The molecular weight excluding hydrogens is 346 g/mol. The quantitative estimate of drug-likeness (QED) is 0.514. The molecule has 25 heavy (non-hydrogen) atoms. The summed E-state index contributed by atoms with van der Waals surface area (Å²) in [5, 5.41) is 13.5. The first-order chi connectivity index (χ1) is 11.9. The van der Waals surface area contributed by atoms with Gasteiger partial charge in [-0.3, -0.25) is 19.7 Å². The zero-order chi connectivity index (χ0) is 18.1. The minimum Gasteiger partial charge on any atom is -0.350 e. The maximum Gasteiger partial charge on any atom is 0.283 e. The predicted molar refractivity (Wildman–Crippen MR) is 93.3 cm³/mol. The predicted octanol–water partition coefficient (Wildman–Crippen LogP) is 3.34. The van der Waals surface area contributed by atoms with Crippen LogP contribution < -0.4 is 10.2 Å². The van der Waals surface area contributed by atoms with E-state index in [1.807, 2.05) is 13.0 Å². The smallest absolute Gasteiger partial charge is 0.283 e. The molecule has 8 heteroatoms. The van der Waals surface area contributed by atoms with Crippen molar-refractivity contribution in [1.29, 1.82) is 0 Å². The molecular formula is C17H12ClN3O4. The van der Waals surface area contributed by atoms with Crippen LogP contribution >= 0.6 is 11.6 Å². The average molecular weight is 358 g/mol. The van der Waals surface area contributed by atoms with Gasteiger partial charge in [0.15, 0.2) is 0 Å². The fraction of sp³-hybridized carbons (Fsp3) is 0.0588. The number of carbonyl (C=O) groups excluding carboxylic acids is 2. The summed E-state index contributed by atoms with van der Waals surface area (Å²) in [6.45, 7) is 1.89. The first-order valence-electron chi connectivity index (χ1n) is 7.25. The molecule has 1 heterocycles. The molecule has 0 atom stereocenters. The van der Waals surface area contributed by atoms with E-state index in [1.54, 1.807) is 18.2 Å². The van der Waals surface area contributed by atoms with Crippen molar-refractivity contribution in [2.45, 2.75) is 6.92 Å². The Morgan fingerprint density at radius 3 is 2.48 bits per heavy atom. The fourth-order valence-corrected chi connectivity index (χ4v) is 2.67. The summed E-state index contributed by atoms with van der Waals surface area (Å²) < 4.78 is 0. The van der Waals surface area contributed by atoms with Crippen LogP contribution in [0, 0.1) is 17.0 Å². The van der Waals surface area contributed by atoms with Crippen LogP contribution in [0.25, 0.3) is 0 Å². The molecule has 0 aliphatic carbocycles. The van der Waals surface area contributed by atoms with Crippen molar-refractivity contribution in [3.63, 3.8) is 0 Å². The van der Waals surface area contributed by atoms with E-state index in [0.717, 1.165) is 16.5 Å². The third-order valence-corrected chi connectivity index (χ3v) is 3.96. The zero-order valence-corrected chi connectivity index (χ0v) is 13.8. The molecule has 0 bridgehead atoms. The molecule has 0 radical (unpaired) electrons. The van der Waals surface area contributed by atoms with Gasteiger partial charge in [-0.25, -0.2) is 4.90 Å². The lowest BCUT2D eigenvalue weighted by Crippen LogP contribution is -2.32. The third-order valence-electron chi connectivity index (χ3n) is 3.61. The summed E-state index contributed by atoms with van der Waals surface area (Å²) in [5.74, 6) is -1.40. The second kappa shape index (κ2) is 6.37. The van der Waals surface area contributed by atoms with Gasteiger partial charge in [0.1, 0.15) is 10.7 Å². The highest BCUT2D eigenvalue weighted by Gasteiger charge is 2.39. The molecule has 1 aliphatic heterocycles. The van der Waals surface area contributed by atoms with Crippen molar-refractivity contribution >= 4 is 40.5 Å². The highest BCUT2D eigenvalue weighted by atomic mass is 35.5. The maximum atomic E-state index is 12.6. The van der Waals surface area contributed by atoms with Crippen molar-refractivity contribution < 1.29 is 14.5 Å². The molecule has 0 saturated heterocycles. The number of anilines is 2. The molecule has 1 aliphatic rings. The number of non-ortho nitro benzene ring substituents is 1. The van der Waals surface area contributed by atoms with Gasteiger partial charge in [0.2, 0.25) is 0 Å². The van der Waals surface area contributed by atoms with Crippen LogP contribution in [0.1, 0.15) is 5.56 Å². The number of benzene rings is 2. The first-order valence-corrected chi connectivity index (χ1v) is 7.63. The molecule has 2 amide bonds. The second-order valence-corrected chi connectivity index (χ2v) is 5.78. The molecule has 7 nitrogen and oxygen atoms in total. The highest BCUT2D eigenvalue weighted by Crippen LogP contribution is 2.31. The Labute approximate surface area is 147 Å². The summed E-state index contributed by atoms with van der Waals surface area (Å²) in [6.07, 6.45) is 0. The third kappa shape index (κ3) is 3.09. The molecule has 2 aromatic carbocycles. The Morgan fingerprint density at radius 1 is 1.08 bits per heavy atom. The van der Waals surface area contributed by atoms with E-state index in [1.165, 1.54) is 18.2 Å². The number of nitro benzene ring substituents is 1. The number of aryl methyl sites for hydroxylation is 1. The van der Waals surface area contributed by atoms with E-state index < -0.39 is 16.7 Å². The molecule has 0 unspecified atom stereocenters. The standard InChI is InChI=1S/C17H12ClN3O4/c1-10-4-2-5-11(8-10)19-15-14(18)16(22)20(17(15)23)12-6-3-7-13(9-12)21(24)25/h2-9,19H,1H3. The number of hydrogen-bond donors (Lipinski definition) is 1. The van der Waals surface area contributed by atoms with Crippen molar-refractivity contribution in [2.24, 2.45) is 0 Å². The Hall–Kier alpha value is -3.19. The lowest BCUT2D eigenvalue weighted by molar-refractivity contribution is -0.384. The van der Waals surface area contributed by atoms with Gasteiger partial charge in [0.25, 0.3) is 17.5 Å². The Kier molecular flexibility index (Phi) is 4.24. The number of amides is 2. The van der Waals surface area contributed by atoms with E-state index in [9.17, 15) is 19.7 Å². The SMILES string of the molecule is Cc1cccc(NC2=C(Cl)C(=O)N(c3cccc([N+](=O)[O-])c3)C2=O)c1. The molecule has 0 aromatic heterocycles. The monoisotopic (exact) mass is 357 g/mol. The van der Waals surface area contributed by atoms with Crippen LogP contribution in [0.5, 0.6) is 0 Å². The molecule has 126 valence electrons. The van der Waals surface area contributed by atoms with E-state index in [0.29, 0.717) is 5.69 Å². The lowest BCUT2D eigenvalue weighted by Gasteiger charge is -2.15. The minimum absolute atomic E-state index is 0.0660. The summed E-state index contributed by atoms with van der Waals surface area (Å²) in [6, 6.07) is 12.5. The van der Waals surface area contributed by atoms with Gasteiger partial charge >= 0.3 is 0 Å². The van der Waals surface area contributed by atoms with E-state index >= 15 is 0 Å². The van der Waals surface area contributed by atoms with Crippen molar-refractivity contribution in [3.05, 3.63) is 74.9 Å². The number of carbonyl (C=O) groups is 2. The highest BCUT2D eigenvalue weighted by molar-refractivity contribution is 6.53. The van der Waals surface area contributed by atoms with Gasteiger partial charge in [0.05, 0.1) is 10.6 Å². The van der Waals surface area contributed by atoms with Gasteiger partial charge in [-0.1, -0.05) is 29.8 Å². The van der Waals surface area contributed by atoms with Gasteiger partial charge in [0, 0.05) is 17.8 Å². The molecule has 0 fully saturated rings. The van der Waals surface area contributed by atoms with Crippen LogP contribution in [0.3, 0.4) is 0 Å². The summed E-state index contributed by atoms with van der Waals surface area (Å²) in [4.78, 5) is 36.1. The largest absolute Gasteiger partial charge is 0.350 e. The topological polar surface area (TPSA) is 92.6 Å². The van der Waals surface area contributed by atoms with E-state index in [-0.39, 0.29) is 22.1 Å². The molecule has 1 N–H and O–H groups in total. The molecule has 0 spiro atoms. The van der Waals surface area contributed by atoms with Gasteiger partial charge in [-0.2, -0.15) is 0 Å². The number of hydrogen-bond acceptors (Lipinski definition) is 5. The van der Waals surface area contributed by atoms with Crippen LogP contribution in [0.4, 0.5) is 17.1 Å². The Balaban J connectivity index is 1.94. The van der Waals surface area contributed by atoms with Crippen LogP contribution in [0.15, 0.2) is 59.3 Å². The number of imide groups is 1. The van der Waals surface area contributed by atoms with Crippen molar-refractivity contribution in [2.75, 3.05) is 10.2 Å². The van der Waals surface area contributed by atoms with E-state index in [2.05, 4.69) is 5.32 Å². The molecule has 2 aromatic rings.